The Morgan fingerprint density at radius 3 is 2.55 bits per heavy atom. The van der Waals surface area contributed by atoms with Gasteiger partial charge in [-0.25, -0.2) is 9.18 Å². The Kier molecular flexibility index (Phi) is 8.38. The largest absolute Gasteiger partial charge is 0.488 e. The number of nitrogens with one attached hydrogen (secondary N) is 1. The molecule has 0 saturated carbocycles. The van der Waals surface area contributed by atoms with Crippen LogP contribution < -0.4 is 10.1 Å². The molecule has 0 saturated heterocycles. The Bertz CT molecular complexity index is 857. The molecule has 2 rings (SSSR count). The number of carboxylic acids is 2. The first kappa shape index (κ1) is 22.1. The number of benzene rings is 2. The monoisotopic (exact) mass is 407 g/mol. The fourth-order valence-electron chi connectivity index (χ4n) is 2.64. The molecule has 0 aliphatic heterocycles. The van der Waals surface area contributed by atoms with Gasteiger partial charge in [-0.05, 0) is 29.8 Å². The van der Waals surface area contributed by atoms with E-state index in [2.05, 4.69) is 5.32 Å². The minimum absolute atomic E-state index is 0.0268. The summed E-state index contributed by atoms with van der Waals surface area (Å²) >= 11 is 0. The number of carbonyl (C=O) groups is 2. The van der Waals surface area contributed by atoms with Crippen molar-refractivity contribution < 1.29 is 38.8 Å². The van der Waals surface area contributed by atoms with Gasteiger partial charge in [0.1, 0.15) is 6.61 Å². The van der Waals surface area contributed by atoms with E-state index in [0.29, 0.717) is 23.4 Å². The van der Waals surface area contributed by atoms with Crippen molar-refractivity contribution in [1.82, 2.24) is 0 Å². The lowest BCUT2D eigenvalue weighted by molar-refractivity contribution is -0.136. The highest BCUT2D eigenvalue weighted by Gasteiger charge is 2.12. The summed E-state index contributed by atoms with van der Waals surface area (Å²) < 4.78 is 24.4. The van der Waals surface area contributed by atoms with Crippen LogP contribution in [0.4, 0.5) is 10.1 Å². The van der Waals surface area contributed by atoms with Crippen molar-refractivity contribution in [3.63, 3.8) is 0 Å². The molecule has 8 nitrogen and oxygen atoms in total. The van der Waals surface area contributed by atoms with Crippen LogP contribution in [-0.4, -0.2) is 53.6 Å². The fourth-order valence-corrected chi connectivity index (χ4v) is 2.64. The molecule has 0 fully saturated rings. The minimum Gasteiger partial charge on any atom is -0.488 e. The Balaban J connectivity index is 1.74. The van der Waals surface area contributed by atoms with Gasteiger partial charge in [0.05, 0.1) is 31.8 Å². The molecule has 4 N–H and O–H groups in total. The molecule has 0 radical (unpaired) electrons. The average Bonchev–Trinajstić information content (AvgIpc) is 2.68. The van der Waals surface area contributed by atoms with Crippen LogP contribution in [0.1, 0.15) is 21.5 Å². The summed E-state index contributed by atoms with van der Waals surface area (Å²) in [5.41, 5.74) is 1.26. The Hall–Kier alpha value is -3.17. The van der Waals surface area contributed by atoms with E-state index in [4.69, 9.17) is 19.7 Å². The second-order valence-corrected chi connectivity index (χ2v) is 6.02. The van der Waals surface area contributed by atoms with E-state index in [1.54, 1.807) is 12.1 Å². The normalized spacial score (nSPS) is 10.6. The van der Waals surface area contributed by atoms with Crippen LogP contribution >= 0.6 is 0 Å². The van der Waals surface area contributed by atoms with E-state index in [0.717, 1.165) is 6.07 Å². The number of carboxylic acid groups (broad SMARTS) is 2. The van der Waals surface area contributed by atoms with Crippen LogP contribution in [0.5, 0.6) is 5.75 Å². The molecule has 0 amide bonds. The first-order valence-corrected chi connectivity index (χ1v) is 8.83. The molecule has 0 atom stereocenters. The van der Waals surface area contributed by atoms with Gasteiger partial charge in [0.2, 0.25) is 0 Å². The van der Waals surface area contributed by atoms with E-state index in [-0.39, 0.29) is 37.6 Å². The molecular weight excluding hydrogens is 385 g/mol. The lowest BCUT2D eigenvalue weighted by Gasteiger charge is -2.13. The van der Waals surface area contributed by atoms with Crippen molar-refractivity contribution in [1.29, 1.82) is 0 Å². The SMILES string of the molecule is O=C(O)Cc1ccc(F)c(OCCOCCNc2cccc(C(=O)O)c2CO)c1. The van der Waals surface area contributed by atoms with E-state index in [9.17, 15) is 19.1 Å². The quantitative estimate of drug-likeness (QED) is 0.395. The number of hydrogen-bond donors (Lipinski definition) is 4. The molecule has 9 heteroatoms. The third-order valence-corrected chi connectivity index (χ3v) is 3.96. The molecule has 29 heavy (non-hydrogen) atoms. The summed E-state index contributed by atoms with van der Waals surface area (Å²) in [6.45, 7) is 0.466. The number of rotatable bonds is 12. The maximum atomic E-state index is 13.7. The van der Waals surface area contributed by atoms with Gasteiger partial charge in [-0.1, -0.05) is 12.1 Å². The number of aromatic carboxylic acids is 1. The maximum Gasteiger partial charge on any atom is 0.336 e. The standard InChI is InChI=1S/C20H22FNO7/c21-16-5-4-13(11-19(24)25)10-18(16)29-9-8-28-7-6-22-17-3-1-2-14(20(26)27)15(17)12-23/h1-5,10,22-23H,6-9,11-12H2,(H,24,25)(H,26,27). The number of halogens is 1. The second-order valence-electron chi connectivity index (χ2n) is 6.02. The predicted molar refractivity (Wildman–Crippen MR) is 102 cm³/mol. The molecule has 0 spiro atoms. The molecular formula is C20H22FNO7. The Morgan fingerprint density at radius 2 is 1.86 bits per heavy atom. The third kappa shape index (κ3) is 6.74. The molecule has 156 valence electrons. The van der Waals surface area contributed by atoms with E-state index in [1.807, 2.05) is 0 Å². The Labute approximate surface area is 166 Å². The van der Waals surface area contributed by atoms with Gasteiger partial charge in [0.25, 0.3) is 0 Å². The molecule has 0 aliphatic rings. The number of anilines is 1. The third-order valence-electron chi connectivity index (χ3n) is 3.96. The number of aliphatic hydroxyl groups excluding tert-OH is 1. The van der Waals surface area contributed by atoms with Crippen LogP contribution in [0.15, 0.2) is 36.4 Å². The second kappa shape index (κ2) is 11.0. The number of ether oxygens (including phenoxy) is 2. The van der Waals surface area contributed by atoms with Crippen molar-refractivity contribution >= 4 is 17.6 Å². The van der Waals surface area contributed by atoms with Gasteiger partial charge in [0, 0.05) is 17.8 Å². The van der Waals surface area contributed by atoms with Crippen LogP contribution in [0, 0.1) is 5.82 Å². The highest BCUT2D eigenvalue weighted by Crippen LogP contribution is 2.20. The van der Waals surface area contributed by atoms with Crippen molar-refractivity contribution in [3.05, 3.63) is 58.9 Å². The molecule has 2 aromatic rings. The van der Waals surface area contributed by atoms with E-state index in [1.165, 1.54) is 18.2 Å². The van der Waals surface area contributed by atoms with Crippen LogP contribution in [-0.2, 0) is 22.6 Å². The summed E-state index contributed by atoms with van der Waals surface area (Å²) in [6.07, 6.45) is -0.224. The van der Waals surface area contributed by atoms with Gasteiger partial charge in [-0.2, -0.15) is 0 Å². The number of aliphatic carboxylic acids is 1. The fraction of sp³-hybridized carbons (Fsp3) is 0.300. The Morgan fingerprint density at radius 1 is 1.07 bits per heavy atom. The smallest absolute Gasteiger partial charge is 0.336 e. The molecule has 2 aromatic carbocycles. The molecule has 0 aromatic heterocycles. The van der Waals surface area contributed by atoms with Gasteiger partial charge in [-0.15, -0.1) is 0 Å². The summed E-state index contributed by atoms with van der Waals surface area (Å²) in [5.74, 6) is -2.76. The van der Waals surface area contributed by atoms with Crippen LogP contribution in [0.2, 0.25) is 0 Å². The summed E-state index contributed by atoms with van der Waals surface area (Å²) in [7, 11) is 0. The maximum absolute atomic E-state index is 13.7. The minimum atomic E-state index is -1.12. The molecule has 0 bridgehead atoms. The predicted octanol–water partition coefficient (Wildman–Crippen LogP) is 2.15. The van der Waals surface area contributed by atoms with Crippen molar-refractivity contribution in [3.8, 4) is 5.75 Å². The van der Waals surface area contributed by atoms with Crippen molar-refractivity contribution in [2.24, 2.45) is 0 Å². The van der Waals surface area contributed by atoms with Crippen LogP contribution in [0.3, 0.4) is 0 Å². The van der Waals surface area contributed by atoms with Gasteiger partial charge < -0.3 is 30.1 Å². The zero-order valence-electron chi connectivity index (χ0n) is 15.6. The van der Waals surface area contributed by atoms with Gasteiger partial charge >= 0.3 is 11.9 Å². The van der Waals surface area contributed by atoms with Crippen molar-refractivity contribution in [2.75, 3.05) is 31.7 Å². The van der Waals surface area contributed by atoms with Gasteiger partial charge in [0.15, 0.2) is 11.6 Å². The van der Waals surface area contributed by atoms with Crippen LogP contribution in [0.25, 0.3) is 0 Å². The van der Waals surface area contributed by atoms with Gasteiger partial charge in [-0.3, -0.25) is 4.79 Å². The summed E-state index contributed by atoms with van der Waals surface area (Å²) in [4.78, 5) is 21.9. The lowest BCUT2D eigenvalue weighted by Crippen LogP contribution is -2.15. The topological polar surface area (TPSA) is 125 Å². The first-order valence-electron chi connectivity index (χ1n) is 8.83. The summed E-state index contributed by atoms with van der Waals surface area (Å²) in [5, 5.41) is 30.3. The summed E-state index contributed by atoms with van der Waals surface area (Å²) in [6, 6.07) is 8.54. The number of hydrogen-bond acceptors (Lipinski definition) is 6. The number of aliphatic hydroxyl groups is 1. The van der Waals surface area contributed by atoms with E-state index >= 15 is 0 Å². The molecule has 0 unspecified atom stereocenters. The average molecular weight is 407 g/mol. The molecule has 0 heterocycles. The van der Waals surface area contributed by atoms with E-state index < -0.39 is 24.4 Å². The highest BCUT2D eigenvalue weighted by molar-refractivity contribution is 5.91. The lowest BCUT2D eigenvalue weighted by atomic mass is 10.1. The highest BCUT2D eigenvalue weighted by atomic mass is 19.1. The zero-order chi connectivity index (χ0) is 21.2. The zero-order valence-corrected chi connectivity index (χ0v) is 15.6. The first-order chi connectivity index (χ1) is 13.9. The van der Waals surface area contributed by atoms with Crippen molar-refractivity contribution in [2.45, 2.75) is 13.0 Å². The molecule has 0 aliphatic carbocycles.